The molecule has 7 nitrogen and oxygen atoms in total. The molecule has 1 fully saturated rings. The number of benzene rings is 2. The largest absolute Gasteiger partial charge is 0.444 e. The third-order valence-corrected chi connectivity index (χ3v) is 6.91. The Morgan fingerprint density at radius 3 is 2.44 bits per heavy atom. The fraction of sp³-hybridized carbons (Fsp3) is 0.385. The molecule has 186 valence electrons. The number of rotatable bonds is 7. The highest BCUT2D eigenvalue weighted by Crippen LogP contribution is 2.31. The molecule has 0 unspecified atom stereocenters. The lowest BCUT2D eigenvalue weighted by atomic mass is 10.0. The number of ether oxygens (including phenoxy) is 1. The van der Waals surface area contributed by atoms with Crippen molar-refractivity contribution in [2.45, 2.75) is 45.1 Å². The molecule has 1 heterocycles. The first-order valence-electron chi connectivity index (χ1n) is 11.3. The summed E-state index contributed by atoms with van der Waals surface area (Å²) in [5.74, 6) is 0.0492. The van der Waals surface area contributed by atoms with Crippen LogP contribution in [0.25, 0.3) is 17.2 Å². The van der Waals surface area contributed by atoms with Crippen molar-refractivity contribution < 1.29 is 19.4 Å². The van der Waals surface area contributed by atoms with Gasteiger partial charge in [0.2, 0.25) is 10.0 Å². The van der Waals surface area contributed by atoms with Gasteiger partial charge in [0, 0.05) is 27.0 Å². The maximum Gasteiger partial charge on any atom is 0.407 e. The SMILES string of the molecule is C=Cc1ccc(-c2cccc(S(=O)(=O)N3CC(CNC(=O)OC(C)(C)C)C3)c2)cc1N=C.CC.[HH]. The van der Waals surface area contributed by atoms with E-state index in [1.54, 1.807) is 45.0 Å². The minimum absolute atomic E-state index is 0. The van der Waals surface area contributed by atoms with Crippen LogP contribution in [-0.2, 0) is 14.8 Å². The van der Waals surface area contributed by atoms with Gasteiger partial charge in [0.05, 0.1) is 10.6 Å². The lowest BCUT2D eigenvalue weighted by molar-refractivity contribution is 0.0503. The molecule has 0 radical (unpaired) electrons. The van der Waals surface area contributed by atoms with Crippen LogP contribution < -0.4 is 5.32 Å². The topological polar surface area (TPSA) is 88.1 Å². The maximum absolute atomic E-state index is 13.1. The molecule has 1 N–H and O–H groups in total. The first-order valence-corrected chi connectivity index (χ1v) is 12.8. The monoisotopic (exact) mass is 487 g/mol. The van der Waals surface area contributed by atoms with E-state index in [4.69, 9.17) is 4.74 Å². The van der Waals surface area contributed by atoms with Gasteiger partial charge in [-0.25, -0.2) is 13.2 Å². The zero-order chi connectivity index (χ0) is 25.5. The van der Waals surface area contributed by atoms with E-state index in [1.807, 2.05) is 38.1 Å². The van der Waals surface area contributed by atoms with Crippen molar-refractivity contribution in [3.63, 3.8) is 0 Å². The molecule has 1 amide bonds. The van der Waals surface area contributed by atoms with Gasteiger partial charge in [-0.3, -0.25) is 4.99 Å². The van der Waals surface area contributed by atoms with Crippen LogP contribution in [0, 0.1) is 5.92 Å². The summed E-state index contributed by atoms with van der Waals surface area (Å²) in [7, 11) is -3.62. The van der Waals surface area contributed by atoms with Crippen molar-refractivity contribution in [1.29, 1.82) is 0 Å². The molecule has 2 aromatic carbocycles. The molecule has 34 heavy (non-hydrogen) atoms. The Balaban J connectivity index is 0.00000199. The standard InChI is InChI=1S/C24H29N3O4S.C2H6.H2/c1-6-18-10-11-20(13-22(18)25-5)19-8-7-9-21(12-19)32(29,30)27-15-17(16-27)14-26-23(28)31-24(2,3)4;1-2;/h6-13,17H,1,5,14-16H2,2-4H3,(H,26,28);1-2H3;1H. The van der Waals surface area contributed by atoms with Crippen LogP contribution in [0.4, 0.5) is 10.5 Å². The van der Waals surface area contributed by atoms with Gasteiger partial charge < -0.3 is 10.1 Å². The van der Waals surface area contributed by atoms with Crippen LogP contribution in [0.15, 0.2) is 58.9 Å². The predicted octanol–water partition coefficient (Wildman–Crippen LogP) is 5.75. The highest BCUT2D eigenvalue weighted by atomic mass is 32.2. The van der Waals surface area contributed by atoms with Gasteiger partial charge in [-0.05, 0) is 62.4 Å². The second kappa shape index (κ2) is 11.4. The average molecular weight is 488 g/mol. The normalized spacial score (nSPS) is 14.3. The van der Waals surface area contributed by atoms with Crippen molar-refractivity contribution >= 4 is 34.6 Å². The number of nitrogens with one attached hydrogen (secondary N) is 1. The first kappa shape index (κ1) is 27.3. The number of aliphatic imine (C=N–C) groups is 1. The fourth-order valence-electron chi connectivity index (χ4n) is 3.41. The second-order valence-corrected chi connectivity index (χ2v) is 10.7. The number of sulfonamides is 1. The van der Waals surface area contributed by atoms with Gasteiger partial charge in [0.15, 0.2) is 0 Å². The van der Waals surface area contributed by atoms with Gasteiger partial charge in [-0.15, -0.1) is 0 Å². The Labute approximate surface area is 205 Å². The average Bonchev–Trinajstić information content (AvgIpc) is 2.77. The summed E-state index contributed by atoms with van der Waals surface area (Å²) in [4.78, 5) is 16.0. The highest BCUT2D eigenvalue weighted by Gasteiger charge is 2.37. The quantitative estimate of drug-likeness (QED) is 0.504. The van der Waals surface area contributed by atoms with Crippen LogP contribution in [-0.4, -0.2) is 50.8 Å². The molecular formula is C26H37N3O4S. The van der Waals surface area contributed by atoms with E-state index in [0.717, 1.165) is 16.7 Å². The summed E-state index contributed by atoms with van der Waals surface area (Å²) in [5.41, 5.74) is 2.60. The molecule has 1 aliphatic heterocycles. The Morgan fingerprint density at radius 1 is 1.21 bits per heavy atom. The molecule has 0 aromatic heterocycles. The molecule has 0 spiro atoms. The van der Waals surface area contributed by atoms with Gasteiger partial charge in [-0.2, -0.15) is 4.31 Å². The molecular weight excluding hydrogens is 450 g/mol. The smallest absolute Gasteiger partial charge is 0.407 e. The Bertz CT molecular complexity index is 1140. The first-order chi connectivity index (χ1) is 16.0. The van der Waals surface area contributed by atoms with Crippen molar-refractivity contribution in [3.8, 4) is 11.1 Å². The zero-order valence-corrected chi connectivity index (χ0v) is 21.5. The minimum Gasteiger partial charge on any atom is -0.444 e. The van der Waals surface area contributed by atoms with E-state index in [1.165, 1.54) is 4.31 Å². The number of nitrogens with zero attached hydrogens (tertiary/aromatic N) is 2. The van der Waals surface area contributed by atoms with E-state index in [-0.39, 0.29) is 12.2 Å². The third kappa shape index (κ3) is 6.77. The van der Waals surface area contributed by atoms with E-state index in [0.29, 0.717) is 25.3 Å². The molecule has 3 rings (SSSR count). The highest BCUT2D eigenvalue weighted by molar-refractivity contribution is 7.89. The summed E-state index contributed by atoms with van der Waals surface area (Å²) >= 11 is 0. The Morgan fingerprint density at radius 2 is 1.85 bits per heavy atom. The maximum atomic E-state index is 13.1. The number of carbonyl (C=O) groups excluding carboxylic acids is 1. The molecule has 0 atom stereocenters. The van der Waals surface area contributed by atoms with Crippen molar-refractivity contribution in [1.82, 2.24) is 9.62 Å². The summed E-state index contributed by atoms with van der Waals surface area (Å²) in [5, 5.41) is 2.70. The summed E-state index contributed by atoms with van der Waals surface area (Å²) in [6.07, 6.45) is 1.20. The Hall–Kier alpha value is -2.97. The van der Waals surface area contributed by atoms with Gasteiger partial charge in [0.1, 0.15) is 5.60 Å². The van der Waals surface area contributed by atoms with Crippen molar-refractivity contribution in [2.75, 3.05) is 19.6 Å². The van der Waals surface area contributed by atoms with Gasteiger partial charge >= 0.3 is 6.09 Å². The summed E-state index contributed by atoms with van der Waals surface area (Å²) in [6.45, 7) is 17.8. The minimum atomic E-state index is -3.62. The van der Waals surface area contributed by atoms with Gasteiger partial charge in [0.25, 0.3) is 0 Å². The van der Waals surface area contributed by atoms with E-state index in [2.05, 4.69) is 23.6 Å². The molecule has 1 aliphatic rings. The van der Waals surface area contributed by atoms with E-state index < -0.39 is 21.7 Å². The van der Waals surface area contributed by atoms with Crippen LogP contribution in [0.5, 0.6) is 0 Å². The fourth-order valence-corrected chi connectivity index (χ4v) is 5.05. The second-order valence-electron chi connectivity index (χ2n) is 8.73. The van der Waals surface area contributed by atoms with Crippen LogP contribution in [0.1, 0.15) is 41.6 Å². The molecule has 0 saturated carbocycles. The van der Waals surface area contributed by atoms with Crippen molar-refractivity contribution in [2.24, 2.45) is 10.9 Å². The lowest BCUT2D eigenvalue weighted by Gasteiger charge is -2.38. The van der Waals surface area contributed by atoms with E-state index in [9.17, 15) is 13.2 Å². The molecule has 2 aromatic rings. The number of carbonyl (C=O) groups is 1. The Kier molecular flexibility index (Phi) is 9.18. The van der Waals surface area contributed by atoms with Crippen LogP contribution in [0.3, 0.4) is 0 Å². The number of hydrogen-bond donors (Lipinski definition) is 1. The third-order valence-electron chi connectivity index (χ3n) is 5.08. The number of amides is 1. The number of hydrogen-bond acceptors (Lipinski definition) is 5. The molecule has 8 heteroatoms. The number of alkyl carbamates (subject to hydrolysis) is 1. The predicted molar refractivity (Wildman–Crippen MR) is 141 cm³/mol. The summed E-state index contributed by atoms with van der Waals surface area (Å²) in [6, 6.07) is 12.5. The van der Waals surface area contributed by atoms with Crippen LogP contribution >= 0.6 is 0 Å². The molecule has 1 saturated heterocycles. The summed E-state index contributed by atoms with van der Waals surface area (Å²) < 4.78 is 32.8. The van der Waals surface area contributed by atoms with Crippen molar-refractivity contribution in [3.05, 3.63) is 54.6 Å². The van der Waals surface area contributed by atoms with E-state index >= 15 is 0 Å². The van der Waals surface area contributed by atoms with Crippen LogP contribution in [0.2, 0.25) is 0 Å². The van der Waals surface area contributed by atoms with Gasteiger partial charge in [-0.1, -0.05) is 50.8 Å². The molecule has 0 aliphatic carbocycles. The lowest BCUT2D eigenvalue weighted by Crippen LogP contribution is -2.53. The zero-order valence-electron chi connectivity index (χ0n) is 20.7. The molecule has 0 bridgehead atoms.